The molecule has 2 atom stereocenters. The average molecular weight is 706 g/mol. The molecule has 0 fully saturated rings. The van der Waals surface area contributed by atoms with E-state index in [2.05, 4.69) is 35.0 Å². The number of hydrogen-bond donors (Lipinski definition) is 0. The summed E-state index contributed by atoms with van der Waals surface area (Å²) in [4.78, 5) is 37.4. The summed E-state index contributed by atoms with van der Waals surface area (Å²) in [6.07, 6.45) is 27.0. The number of esters is 2. The standard InChI is InChI=1S/C38H76NO8P/c1-6-8-10-12-14-16-18-20-22-24-26-30-37(40)44-34-36(35-46-48(42,43)45-33-29-28-32-39(3,4)5)47-38(41)31-27-25-23-21-19-17-15-13-11-9-7-2/h36H,6-35H2,1-5H3. The van der Waals surface area contributed by atoms with Gasteiger partial charge in [-0.1, -0.05) is 142 Å². The number of carbonyl (C=O) groups excluding carboxylic acids is 2. The number of phosphoric acid groups is 1. The van der Waals surface area contributed by atoms with Crippen molar-refractivity contribution in [2.75, 3.05) is 47.5 Å². The zero-order valence-electron chi connectivity index (χ0n) is 32.0. The number of unbranched alkanes of at least 4 members (excludes halogenated alkanes) is 21. The number of phosphoric ester groups is 1. The van der Waals surface area contributed by atoms with Crippen LogP contribution in [0.4, 0.5) is 0 Å². The Morgan fingerprint density at radius 1 is 0.562 bits per heavy atom. The normalized spacial score (nSPS) is 13.7. The van der Waals surface area contributed by atoms with E-state index in [1.165, 1.54) is 103 Å². The monoisotopic (exact) mass is 706 g/mol. The van der Waals surface area contributed by atoms with Gasteiger partial charge in [0.05, 0.1) is 40.9 Å². The predicted molar refractivity (Wildman–Crippen MR) is 195 cm³/mol. The predicted octanol–water partition coefficient (Wildman–Crippen LogP) is 9.83. The Morgan fingerprint density at radius 2 is 0.979 bits per heavy atom. The van der Waals surface area contributed by atoms with Crippen molar-refractivity contribution in [2.24, 2.45) is 0 Å². The Labute approximate surface area is 295 Å². The first-order valence-corrected chi connectivity index (χ1v) is 21.2. The average Bonchev–Trinajstić information content (AvgIpc) is 3.03. The Bertz CT molecular complexity index is 804. The molecule has 0 heterocycles. The molecule has 0 saturated heterocycles. The second-order valence-electron chi connectivity index (χ2n) is 14.7. The lowest BCUT2D eigenvalue weighted by Gasteiger charge is -2.26. The van der Waals surface area contributed by atoms with E-state index in [0.29, 0.717) is 12.8 Å². The van der Waals surface area contributed by atoms with E-state index in [0.717, 1.165) is 49.6 Å². The van der Waals surface area contributed by atoms with Gasteiger partial charge in [0.1, 0.15) is 6.61 Å². The number of ether oxygens (including phenoxy) is 2. The van der Waals surface area contributed by atoms with Crippen LogP contribution in [0.1, 0.15) is 181 Å². The van der Waals surface area contributed by atoms with Crippen molar-refractivity contribution in [3.8, 4) is 0 Å². The van der Waals surface area contributed by atoms with Gasteiger partial charge in [-0.3, -0.25) is 14.2 Å². The summed E-state index contributed by atoms with van der Waals surface area (Å²) in [7, 11) is 1.63. The molecule has 0 aliphatic rings. The molecule has 0 aromatic rings. The molecule has 0 aliphatic heterocycles. The second kappa shape index (κ2) is 32.0. The first-order chi connectivity index (χ1) is 23.0. The molecule has 0 rings (SSSR count). The number of quaternary nitrogens is 1. The highest BCUT2D eigenvalue weighted by molar-refractivity contribution is 7.45. The van der Waals surface area contributed by atoms with Crippen LogP contribution in [0.5, 0.6) is 0 Å². The fraction of sp³-hybridized carbons (Fsp3) is 0.947. The molecule has 0 saturated carbocycles. The lowest BCUT2D eigenvalue weighted by molar-refractivity contribution is -0.870. The summed E-state index contributed by atoms with van der Waals surface area (Å²) in [5.74, 6) is -0.820. The van der Waals surface area contributed by atoms with Gasteiger partial charge in [-0.15, -0.1) is 0 Å². The summed E-state index contributed by atoms with van der Waals surface area (Å²) in [5, 5.41) is 0. The highest BCUT2D eigenvalue weighted by atomic mass is 31.2. The lowest BCUT2D eigenvalue weighted by Crippen LogP contribution is -2.35. The molecule has 0 radical (unpaired) electrons. The quantitative estimate of drug-likeness (QED) is 0.0274. The van der Waals surface area contributed by atoms with Gasteiger partial charge in [-0.25, -0.2) is 0 Å². The Hall–Kier alpha value is -0.990. The zero-order valence-corrected chi connectivity index (χ0v) is 32.8. The van der Waals surface area contributed by atoms with Crippen LogP contribution in [-0.4, -0.2) is 70.0 Å². The molecule has 0 N–H and O–H groups in total. The van der Waals surface area contributed by atoms with Crippen LogP contribution >= 0.6 is 7.82 Å². The van der Waals surface area contributed by atoms with Gasteiger partial charge in [0.25, 0.3) is 7.82 Å². The van der Waals surface area contributed by atoms with Crippen molar-refractivity contribution >= 4 is 19.8 Å². The molecule has 2 unspecified atom stereocenters. The minimum absolute atomic E-state index is 0.0258. The van der Waals surface area contributed by atoms with Gasteiger partial charge in [0.15, 0.2) is 6.10 Å². The smallest absolute Gasteiger partial charge is 0.306 e. The first kappa shape index (κ1) is 47.0. The molecule has 286 valence electrons. The van der Waals surface area contributed by atoms with Gasteiger partial charge in [0, 0.05) is 12.8 Å². The molecular weight excluding hydrogens is 629 g/mol. The Morgan fingerprint density at radius 3 is 1.42 bits per heavy atom. The molecule has 0 aliphatic carbocycles. The van der Waals surface area contributed by atoms with Crippen LogP contribution in [0.3, 0.4) is 0 Å². The number of nitrogens with zero attached hydrogens (tertiary/aromatic N) is 1. The van der Waals surface area contributed by atoms with Crippen molar-refractivity contribution in [1.82, 2.24) is 0 Å². The minimum Gasteiger partial charge on any atom is -0.756 e. The third kappa shape index (κ3) is 34.9. The molecule has 0 bridgehead atoms. The molecule has 10 heteroatoms. The molecular formula is C38H76NO8P. The van der Waals surface area contributed by atoms with Crippen LogP contribution in [-0.2, 0) is 32.7 Å². The maximum atomic E-state index is 12.6. The summed E-state index contributed by atoms with van der Waals surface area (Å²) in [5.41, 5.74) is 0. The van der Waals surface area contributed by atoms with Gasteiger partial charge in [0.2, 0.25) is 0 Å². The second-order valence-corrected chi connectivity index (χ2v) is 16.1. The molecule has 0 aromatic heterocycles. The largest absolute Gasteiger partial charge is 0.756 e. The van der Waals surface area contributed by atoms with E-state index in [1.807, 2.05) is 0 Å². The van der Waals surface area contributed by atoms with E-state index < -0.39 is 26.5 Å². The van der Waals surface area contributed by atoms with Crippen molar-refractivity contribution in [3.05, 3.63) is 0 Å². The summed E-state index contributed by atoms with van der Waals surface area (Å²) in [6, 6.07) is 0. The lowest BCUT2D eigenvalue weighted by atomic mass is 10.1. The van der Waals surface area contributed by atoms with Crippen molar-refractivity contribution in [1.29, 1.82) is 0 Å². The first-order valence-electron chi connectivity index (χ1n) is 19.7. The Balaban J connectivity index is 4.48. The SMILES string of the molecule is CCCCCCCCCCCCCC(=O)OCC(COP(=O)([O-])OCCCC[N+](C)(C)C)OC(=O)CCCCCCCCCCCCC. The van der Waals surface area contributed by atoms with E-state index in [9.17, 15) is 19.0 Å². The van der Waals surface area contributed by atoms with E-state index in [1.54, 1.807) is 0 Å². The maximum Gasteiger partial charge on any atom is 0.306 e. The number of hydrogen-bond acceptors (Lipinski definition) is 8. The van der Waals surface area contributed by atoms with E-state index in [4.69, 9.17) is 18.5 Å². The molecule has 0 aromatic carbocycles. The molecule has 0 amide bonds. The third-order valence-electron chi connectivity index (χ3n) is 8.59. The highest BCUT2D eigenvalue weighted by Gasteiger charge is 2.21. The molecule has 9 nitrogen and oxygen atoms in total. The fourth-order valence-corrected chi connectivity index (χ4v) is 6.34. The summed E-state index contributed by atoms with van der Waals surface area (Å²) >= 11 is 0. The fourth-order valence-electron chi connectivity index (χ4n) is 5.56. The van der Waals surface area contributed by atoms with Crippen molar-refractivity contribution < 1.29 is 42.1 Å². The van der Waals surface area contributed by atoms with Crippen molar-refractivity contribution in [3.63, 3.8) is 0 Å². The van der Waals surface area contributed by atoms with Crippen LogP contribution in [0.25, 0.3) is 0 Å². The van der Waals surface area contributed by atoms with Crippen LogP contribution < -0.4 is 4.89 Å². The zero-order chi connectivity index (χ0) is 35.8. The Kier molecular flexibility index (Phi) is 31.3. The highest BCUT2D eigenvalue weighted by Crippen LogP contribution is 2.38. The number of carbonyl (C=O) groups is 2. The topological polar surface area (TPSA) is 111 Å². The maximum absolute atomic E-state index is 12.6. The summed E-state index contributed by atoms with van der Waals surface area (Å²) < 4.78 is 34.1. The number of rotatable bonds is 36. The van der Waals surface area contributed by atoms with E-state index in [-0.39, 0.29) is 32.0 Å². The van der Waals surface area contributed by atoms with Crippen LogP contribution in [0.2, 0.25) is 0 Å². The summed E-state index contributed by atoms with van der Waals surface area (Å²) in [6.45, 7) is 4.70. The van der Waals surface area contributed by atoms with Crippen LogP contribution in [0, 0.1) is 0 Å². The van der Waals surface area contributed by atoms with E-state index >= 15 is 0 Å². The van der Waals surface area contributed by atoms with Crippen molar-refractivity contribution in [2.45, 2.75) is 187 Å². The van der Waals surface area contributed by atoms with Crippen LogP contribution in [0.15, 0.2) is 0 Å². The molecule has 0 spiro atoms. The molecule has 48 heavy (non-hydrogen) atoms. The minimum atomic E-state index is -4.59. The van der Waals surface area contributed by atoms with Gasteiger partial charge in [-0.05, 0) is 25.7 Å². The van der Waals surface area contributed by atoms with Gasteiger partial charge in [-0.2, -0.15) is 0 Å². The van der Waals surface area contributed by atoms with Gasteiger partial charge >= 0.3 is 11.9 Å². The third-order valence-corrected chi connectivity index (χ3v) is 9.55. The van der Waals surface area contributed by atoms with Gasteiger partial charge < -0.3 is 27.9 Å².